The molecule has 0 radical (unpaired) electrons. The predicted octanol–water partition coefficient (Wildman–Crippen LogP) is 5.12. The number of benzene rings is 2. The number of ether oxygens (including phenoxy) is 2. The van der Waals surface area contributed by atoms with Crippen LogP contribution in [0.2, 0.25) is 5.02 Å². The molecule has 0 aliphatic rings. The Hall–Kier alpha value is -3.18. The number of phenols is 1. The SMILES string of the molecule is COc1cc(C(=O)/C=C/c2ccc(COc3cccc(Cl)c3)o2)ccc1O. The number of phenolic OH excluding ortho intramolecular Hbond substituents is 1. The van der Waals surface area contributed by atoms with E-state index in [-0.39, 0.29) is 23.9 Å². The van der Waals surface area contributed by atoms with E-state index in [4.69, 9.17) is 25.5 Å². The Morgan fingerprint density at radius 2 is 2.04 bits per heavy atom. The van der Waals surface area contributed by atoms with Gasteiger partial charge >= 0.3 is 0 Å². The van der Waals surface area contributed by atoms with Crippen LogP contribution in [0.25, 0.3) is 6.08 Å². The number of aromatic hydroxyl groups is 1. The summed E-state index contributed by atoms with van der Waals surface area (Å²) in [4.78, 5) is 12.2. The Balaban J connectivity index is 1.62. The molecule has 0 unspecified atom stereocenters. The zero-order chi connectivity index (χ0) is 19.2. The van der Waals surface area contributed by atoms with Gasteiger partial charge in [0.05, 0.1) is 7.11 Å². The van der Waals surface area contributed by atoms with Crippen molar-refractivity contribution in [2.75, 3.05) is 7.11 Å². The monoisotopic (exact) mass is 384 g/mol. The molecule has 0 atom stereocenters. The molecule has 0 spiro atoms. The Morgan fingerprint density at radius 3 is 2.81 bits per heavy atom. The van der Waals surface area contributed by atoms with Gasteiger partial charge in [0.25, 0.3) is 0 Å². The number of hydrogen-bond acceptors (Lipinski definition) is 5. The largest absolute Gasteiger partial charge is 0.504 e. The average Bonchev–Trinajstić information content (AvgIpc) is 3.13. The molecule has 0 aliphatic heterocycles. The summed E-state index contributed by atoms with van der Waals surface area (Å²) in [6.07, 6.45) is 2.97. The molecule has 3 aromatic rings. The van der Waals surface area contributed by atoms with Crippen molar-refractivity contribution >= 4 is 23.5 Å². The average molecular weight is 385 g/mol. The van der Waals surface area contributed by atoms with Gasteiger partial charge in [-0.15, -0.1) is 0 Å². The number of halogens is 1. The van der Waals surface area contributed by atoms with Crippen molar-refractivity contribution in [1.29, 1.82) is 0 Å². The van der Waals surface area contributed by atoms with Gasteiger partial charge in [-0.25, -0.2) is 0 Å². The summed E-state index contributed by atoms with van der Waals surface area (Å²) in [7, 11) is 1.43. The fraction of sp³-hybridized carbons (Fsp3) is 0.0952. The van der Waals surface area contributed by atoms with Crippen molar-refractivity contribution in [1.82, 2.24) is 0 Å². The highest BCUT2D eigenvalue weighted by Gasteiger charge is 2.08. The number of furan rings is 1. The van der Waals surface area contributed by atoms with Crippen LogP contribution in [0.4, 0.5) is 0 Å². The molecule has 1 heterocycles. The maximum atomic E-state index is 12.2. The molecule has 0 fully saturated rings. The third-order valence-corrected chi connectivity index (χ3v) is 3.96. The number of hydrogen-bond donors (Lipinski definition) is 1. The molecule has 0 amide bonds. The summed E-state index contributed by atoms with van der Waals surface area (Å²) in [5.41, 5.74) is 0.400. The van der Waals surface area contributed by atoms with E-state index in [9.17, 15) is 9.90 Å². The molecule has 2 aromatic carbocycles. The molecule has 1 N–H and O–H groups in total. The fourth-order valence-electron chi connectivity index (χ4n) is 2.36. The van der Waals surface area contributed by atoms with Crippen LogP contribution < -0.4 is 9.47 Å². The zero-order valence-electron chi connectivity index (χ0n) is 14.5. The zero-order valence-corrected chi connectivity index (χ0v) is 15.3. The summed E-state index contributed by atoms with van der Waals surface area (Å²) in [5, 5.41) is 10.2. The van der Waals surface area contributed by atoms with Crippen LogP contribution in [0.5, 0.6) is 17.2 Å². The van der Waals surface area contributed by atoms with Crippen LogP contribution in [0.1, 0.15) is 21.9 Å². The highest BCUT2D eigenvalue weighted by atomic mass is 35.5. The molecule has 1 aromatic heterocycles. The van der Waals surface area contributed by atoms with Gasteiger partial charge < -0.3 is 19.0 Å². The van der Waals surface area contributed by atoms with E-state index in [0.29, 0.717) is 27.9 Å². The molecule has 0 aliphatic carbocycles. The van der Waals surface area contributed by atoms with Crippen molar-refractivity contribution < 1.29 is 23.8 Å². The van der Waals surface area contributed by atoms with E-state index in [1.165, 1.54) is 31.4 Å². The first-order valence-corrected chi connectivity index (χ1v) is 8.49. The minimum atomic E-state index is -0.235. The normalized spacial score (nSPS) is 10.9. The lowest BCUT2D eigenvalue weighted by Gasteiger charge is -2.04. The lowest BCUT2D eigenvalue weighted by Crippen LogP contribution is -1.95. The lowest BCUT2D eigenvalue weighted by atomic mass is 10.1. The molecular weight excluding hydrogens is 368 g/mol. The lowest BCUT2D eigenvalue weighted by molar-refractivity contribution is 0.104. The third kappa shape index (κ3) is 4.92. The van der Waals surface area contributed by atoms with E-state index >= 15 is 0 Å². The molecule has 5 nitrogen and oxygen atoms in total. The Labute approximate surface area is 161 Å². The molecule has 138 valence electrons. The van der Waals surface area contributed by atoms with Gasteiger partial charge in [-0.3, -0.25) is 4.79 Å². The molecular formula is C21H17ClO5. The van der Waals surface area contributed by atoms with Crippen LogP contribution in [0, 0.1) is 0 Å². The van der Waals surface area contributed by atoms with E-state index in [2.05, 4.69) is 0 Å². The van der Waals surface area contributed by atoms with Crippen LogP contribution >= 0.6 is 11.6 Å². The molecule has 27 heavy (non-hydrogen) atoms. The van der Waals surface area contributed by atoms with Crippen molar-refractivity contribution in [3.05, 3.63) is 82.8 Å². The van der Waals surface area contributed by atoms with Gasteiger partial charge in [-0.1, -0.05) is 17.7 Å². The van der Waals surface area contributed by atoms with Gasteiger partial charge in [0.15, 0.2) is 17.3 Å². The highest BCUT2D eigenvalue weighted by molar-refractivity contribution is 6.30. The number of methoxy groups -OCH3 is 1. The minimum absolute atomic E-state index is 0.0200. The fourth-order valence-corrected chi connectivity index (χ4v) is 2.54. The molecule has 6 heteroatoms. The summed E-state index contributed by atoms with van der Waals surface area (Å²) < 4.78 is 16.2. The van der Waals surface area contributed by atoms with E-state index in [0.717, 1.165) is 0 Å². The summed E-state index contributed by atoms with van der Waals surface area (Å²) in [6.45, 7) is 0.247. The van der Waals surface area contributed by atoms with Crippen LogP contribution in [0.15, 0.2) is 65.1 Å². The number of allylic oxidation sites excluding steroid dienone is 1. The Morgan fingerprint density at radius 1 is 1.19 bits per heavy atom. The van der Waals surface area contributed by atoms with Crippen molar-refractivity contribution in [2.24, 2.45) is 0 Å². The van der Waals surface area contributed by atoms with Crippen LogP contribution in [-0.2, 0) is 6.61 Å². The van der Waals surface area contributed by atoms with E-state index < -0.39 is 0 Å². The third-order valence-electron chi connectivity index (χ3n) is 3.72. The topological polar surface area (TPSA) is 68.9 Å². The Bertz CT molecular complexity index is 974. The van der Waals surface area contributed by atoms with Gasteiger partial charge in [0, 0.05) is 10.6 Å². The smallest absolute Gasteiger partial charge is 0.186 e. The number of carbonyl (C=O) groups is 1. The van der Waals surface area contributed by atoms with Crippen LogP contribution in [0.3, 0.4) is 0 Å². The Kier molecular flexibility index (Phi) is 5.84. The summed E-state index contributed by atoms with van der Waals surface area (Å²) in [5.74, 6) is 1.78. The first-order chi connectivity index (χ1) is 13.0. The molecule has 0 bridgehead atoms. The van der Waals surface area contributed by atoms with Gasteiger partial charge in [-0.05, 0) is 60.7 Å². The van der Waals surface area contributed by atoms with Gasteiger partial charge in [0.2, 0.25) is 0 Å². The molecule has 0 saturated carbocycles. The molecule has 3 rings (SSSR count). The number of carbonyl (C=O) groups excluding carboxylic acids is 1. The van der Waals surface area contributed by atoms with Crippen molar-refractivity contribution in [3.8, 4) is 17.2 Å². The van der Waals surface area contributed by atoms with Crippen LogP contribution in [-0.4, -0.2) is 18.0 Å². The first kappa shape index (κ1) is 18.6. The van der Waals surface area contributed by atoms with Gasteiger partial charge in [-0.2, -0.15) is 0 Å². The van der Waals surface area contributed by atoms with Gasteiger partial charge in [0.1, 0.15) is 23.9 Å². The second kappa shape index (κ2) is 8.47. The van der Waals surface area contributed by atoms with Crippen molar-refractivity contribution in [2.45, 2.75) is 6.61 Å². The predicted molar refractivity (Wildman–Crippen MR) is 103 cm³/mol. The highest BCUT2D eigenvalue weighted by Crippen LogP contribution is 2.26. The van der Waals surface area contributed by atoms with Crippen molar-refractivity contribution in [3.63, 3.8) is 0 Å². The number of ketones is 1. The summed E-state index contributed by atoms with van der Waals surface area (Å²) >= 11 is 5.91. The molecule has 0 saturated heterocycles. The maximum absolute atomic E-state index is 12.2. The second-order valence-electron chi connectivity index (χ2n) is 5.63. The second-order valence-corrected chi connectivity index (χ2v) is 6.07. The standard InChI is InChI=1S/C21H17ClO5/c1-25-21-11-14(5-9-20(21)24)19(23)10-8-16-6-7-18(27-16)13-26-17-4-2-3-15(22)12-17/h2-12,24H,13H2,1H3/b10-8+. The minimum Gasteiger partial charge on any atom is -0.504 e. The first-order valence-electron chi connectivity index (χ1n) is 8.11. The van der Waals surface area contributed by atoms with E-state index in [1.54, 1.807) is 42.5 Å². The quantitative estimate of drug-likeness (QED) is 0.452. The number of rotatable bonds is 7. The van der Waals surface area contributed by atoms with E-state index in [1.807, 2.05) is 0 Å². The summed E-state index contributed by atoms with van der Waals surface area (Å²) in [6, 6.07) is 15.0. The maximum Gasteiger partial charge on any atom is 0.186 e.